The van der Waals surface area contributed by atoms with Crippen LogP contribution in [-0.2, 0) is 0 Å². The van der Waals surface area contributed by atoms with Gasteiger partial charge in [0.25, 0.3) is 0 Å². The van der Waals surface area contributed by atoms with Crippen molar-refractivity contribution in [2.75, 3.05) is 18.5 Å². The summed E-state index contributed by atoms with van der Waals surface area (Å²) in [6.07, 6.45) is 2.46. The molecule has 1 aromatic rings. The average molecular weight is 185 g/mol. The minimum Gasteiger partial charge on any atom is -0.476 e. The number of rotatable bonds is 4. The maximum Gasteiger partial charge on any atom is 0.356 e. The molecule has 6 heteroatoms. The molecule has 0 aliphatic heterocycles. The fourth-order valence-electron chi connectivity index (χ4n) is 0.730. The number of alkyl halides is 1. The first kappa shape index (κ1) is 9.37. The third kappa shape index (κ3) is 2.66. The first-order chi connectivity index (χ1) is 6.24. The molecule has 1 heterocycles. The number of nitrogens with one attached hydrogen (secondary N) is 1. The molecule has 0 saturated carbocycles. The topological polar surface area (TPSA) is 75.1 Å². The van der Waals surface area contributed by atoms with Crippen LogP contribution in [0.1, 0.15) is 10.5 Å². The Kier molecular flexibility index (Phi) is 3.13. The molecular weight excluding hydrogens is 177 g/mol. The molecule has 0 atom stereocenters. The van der Waals surface area contributed by atoms with Gasteiger partial charge >= 0.3 is 5.97 Å². The summed E-state index contributed by atoms with van der Waals surface area (Å²) in [5.41, 5.74) is -0.163. The normalized spacial score (nSPS) is 9.62. The molecule has 0 aliphatic carbocycles. The van der Waals surface area contributed by atoms with E-state index >= 15 is 0 Å². The van der Waals surface area contributed by atoms with Crippen LogP contribution >= 0.6 is 0 Å². The molecule has 0 bridgehead atoms. The van der Waals surface area contributed by atoms with Gasteiger partial charge in [0.2, 0.25) is 0 Å². The number of nitrogens with zero attached hydrogens (tertiary/aromatic N) is 2. The molecule has 0 fully saturated rings. The molecule has 0 amide bonds. The van der Waals surface area contributed by atoms with Gasteiger partial charge in [-0.2, -0.15) is 0 Å². The van der Waals surface area contributed by atoms with E-state index < -0.39 is 12.6 Å². The minimum atomic E-state index is -1.16. The molecule has 1 rings (SSSR count). The molecule has 0 aromatic carbocycles. The van der Waals surface area contributed by atoms with Crippen molar-refractivity contribution in [3.05, 3.63) is 18.1 Å². The number of anilines is 1. The highest BCUT2D eigenvalue weighted by Gasteiger charge is 2.05. The Morgan fingerprint density at radius 1 is 1.62 bits per heavy atom. The molecule has 0 spiro atoms. The van der Waals surface area contributed by atoms with E-state index in [1.807, 2.05) is 0 Å². The summed E-state index contributed by atoms with van der Waals surface area (Å²) in [7, 11) is 0. The second-order valence-electron chi connectivity index (χ2n) is 2.21. The van der Waals surface area contributed by atoms with E-state index in [2.05, 4.69) is 15.3 Å². The van der Waals surface area contributed by atoms with Crippen LogP contribution in [0.5, 0.6) is 0 Å². The summed E-state index contributed by atoms with van der Waals surface area (Å²) < 4.78 is 11.7. The number of aromatic carboxylic acids is 1. The zero-order chi connectivity index (χ0) is 9.68. The lowest BCUT2D eigenvalue weighted by Crippen LogP contribution is -2.08. The number of carboxylic acids is 1. The van der Waals surface area contributed by atoms with Crippen LogP contribution in [0.3, 0.4) is 0 Å². The number of carbonyl (C=O) groups is 1. The van der Waals surface area contributed by atoms with Crippen molar-refractivity contribution in [2.45, 2.75) is 0 Å². The first-order valence-corrected chi connectivity index (χ1v) is 3.59. The van der Waals surface area contributed by atoms with Gasteiger partial charge in [0.05, 0.1) is 12.4 Å². The second-order valence-corrected chi connectivity index (χ2v) is 2.21. The van der Waals surface area contributed by atoms with Gasteiger partial charge in [0.1, 0.15) is 12.5 Å². The zero-order valence-corrected chi connectivity index (χ0v) is 6.70. The number of hydrogen-bond donors (Lipinski definition) is 2. The van der Waals surface area contributed by atoms with Crippen molar-refractivity contribution in [3.8, 4) is 0 Å². The summed E-state index contributed by atoms with van der Waals surface area (Å²) in [4.78, 5) is 17.7. The molecular formula is C7H8FN3O2. The molecule has 0 unspecified atom stereocenters. The molecule has 13 heavy (non-hydrogen) atoms. The minimum absolute atomic E-state index is 0.0950. The molecule has 1 aromatic heterocycles. The standard InChI is InChI=1S/C7H8FN3O2/c8-1-2-10-6-4-9-3-5(11-6)7(12)13/h3-4H,1-2H2,(H,10,11)(H,12,13). The van der Waals surface area contributed by atoms with Gasteiger partial charge in [-0.15, -0.1) is 0 Å². The van der Waals surface area contributed by atoms with E-state index in [4.69, 9.17) is 5.11 Å². The van der Waals surface area contributed by atoms with Crippen LogP contribution in [0.2, 0.25) is 0 Å². The van der Waals surface area contributed by atoms with Gasteiger partial charge in [0, 0.05) is 6.54 Å². The molecule has 2 N–H and O–H groups in total. The Morgan fingerprint density at radius 3 is 3.00 bits per heavy atom. The quantitative estimate of drug-likeness (QED) is 0.716. The van der Waals surface area contributed by atoms with Crippen LogP contribution in [-0.4, -0.2) is 34.3 Å². The smallest absolute Gasteiger partial charge is 0.356 e. The van der Waals surface area contributed by atoms with Crippen molar-refractivity contribution in [3.63, 3.8) is 0 Å². The van der Waals surface area contributed by atoms with Gasteiger partial charge in [-0.1, -0.05) is 0 Å². The van der Waals surface area contributed by atoms with Crippen molar-refractivity contribution in [2.24, 2.45) is 0 Å². The summed E-state index contributed by atoms with van der Waals surface area (Å²) >= 11 is 0. The SMILES string of the molecule is O=C(O)c1cncc(NCCF)n1. The third-order valence-corrected chi connectivity index (χ3v) is 1.25. The molecule has 0 saturated heterocycles. The highest BCUT2D eigenvalue weighted by Crippen LogP contribution is 2.01. The van der Waals surface area contributed by atoms with Crippen molar-refractivity contribution < 1.29 is 14.3 Å². The maximum absolute atomic E-state index is 11.7. The summed E-state index contributed by atoms with van der Waals surface area (Å²) in [6, 6.07) is 0. The van der Waals surface area contributed by atoms with Crippen LogP contribution in [0.4, 0.5) is 10.2 Å². The van der Waals surface area contributed by atoms with E-state index in [1.165, 1.54) is 6.20 Å². The van der Waals surface area contributed by atoms with Crippen molar-refractivity contribution >= 4 is 11.8 Å². The largest absolute Gasteiger partial charge is 0.476 e. The summed E-state index contributed by atoms with van der Waals surface area (Å²) in [5.74, 6) is -0.894. The Hall–Kier alpha value is -1.72. The van der Waals surface area contributed by atoms with E-state index in [0.29, 0.717) is 0 Å². The lowest BCUT2D eigenvalue weighted by molar-refractivity contribution is 0.0690. The number of hydrogen-bond acceptors (Lipinski definition) is 4. The lowest BCUT2D eigenvalue weighted by atomic mass is 10.4. The van der Waals surface area contributed by atoms with Gasteiger partial charge in [-0.05, 0) is 0 Å². The maximum atomic E-state index is 11.7. The summed E-state index contributed by atoms with van der Waals surface area (Å²) in [5, 5.41) is 11.1. The lowest BCUT2D eigenvalue weighted by Gasteiger charge is -2.01. The van der Waals surface area contributed by atoms with Crippen LogP contribution in [0, 0.1) is 0 Å². The Balaban J connectivity index is 2.73. The number of halogens is 1. The molecule has 0 radical (unpaired) electrons. The van der Waals surface area contributed by atoms with Crippen LogP contribution < -0.4 is 5.32 Å². The van der Waals surface area contributed by atoms with E-state index in [1.54, 1.807) is 0 Å². The van der Waals surface area contributed by atoms with E-state index in [-0.39, 0.29) is 18.1 Å². The fraction of sp³-hybridized carbons (Fsp3) is 0.286. The third-order valence-electron chi connectivity index (χ3n) is 1.25. The van der Waals surface area contributed by atoms with E-state index in [0.717, 1.165) is 6.20 Å². The second kappa shape index (κ2) is 4.34. The van der Waals surface area contributed by atoms with Crippen LogP contribution in [0.15, 0.2) is 12.4 Å². The Bertz CT molecular complexity index is 306. The predicted octanol–water partition coefficient (Wildman–Crippen LogP) is 0.556. The zero-order valence-electron chi connectivity index (χ0n) is 6.70. The average Bonchev–Trinajstić information content (AvgIpc) is 2.15. The van der Waals surface area contributed by atoms with Gasteiger partial charge in [-0.25, -0.2) is 14.2 Å². The van der Waals surface area contributed by atoms with Crippen molar-refractivity contribution in [1.82, 2.24) is 9.97 Å². The highest BCUT2D eigenvalue weighted by molar-refractivity contribution is 5.85. The fourth-order valence-corrected chi connectivity index (χ4v) is 0.730. The number of aromatic nitrogens is 2. The Morgan fingerprint density at radius 2 is 2.38 bits per heavy atom. The molecule has 5 nitrogen and oxygen atoms in total. The van der Waals surface area contributed by atoms with Gasteiger partial charge < -0.3 is 10.4 Å². The number of carboxylic acid groups (broad SMARTS) is 1. The van der Waals surface area contributed by atoms with E-state index in [9.17, 15) is 9.18 Å². The monoisotopic (exact) mass is 185 g/mol. The summed E-state index contributed by atoms with van der Waals surface area (Å²) in [6.45, 7) is -0.448. The Labute approximate surface area is 73.6 Å². The van der Waals surface area contributed by atoms with Crippen molar-refractivity contribution in [1.29, 1.82) is 0 Å². The molecule has 0 aliphatic rings. The van der Waals surface area contributed by atoms with Gasteiger partial charge in [-0.3, -0.25) is 4.98 Å². The highest BCUT2D eigenvalue weighted by atomic mass is 19.1. The molecule has 70 valence electrons. The predicted molar refractivity (Wildman–Crippen MR) is 43.5 cm³/mol. The first-order valence-electron chi connectivity index (χ1n) is 3.59. The van der Waals surface area contributed by atoms with Gasteiger partial charge in [0.15, 0.2) is 5.69 Å². The van der Waals surface area contributed by atoms with Crippen LogP contribution in [0.25, 0.3) is 0 Å².